The van der Waals surface area contributed by atoms with E-state index in [1.807, 2.05) is 30.5 Å². The van der Waals surface area contributed by atoms with Crippen molar-refractivity contribution in [2.45, 2.75) is 71.9 Å². The standard InChI is InChI=1S/C22H32F2N2/c1-16(23)10-11-19(24)12-18-13-20(21(25)22(2,3)4)26(15-18)14-17-8-6-5-7-9-17/h5-9,13,15-16,19,21H,10-12,14,25H2,1-4H3/t16?,19?,21-/m0/s1. The molecule has 0 spiro atoms. The third-order valence-corrected chi connectivity index (χ3v) is 4.77. The molecule has 144 valence electrons. The number of nitrogens with zero attached hydrogens (tertiary/aromatic N) is 1. The van der Waals surface area contributed by atoms with Crippen LogP contribution in [0.4, 0.5) is 8.78 Å². The summed E-state index contributed by atoms with van der Waals surface area (Å²) in [6, 6.07) is 12.0. The first kappa shape index (κ1) is 20.6. The van der Waals surface area contributed by atoms with Crippen molar-refractivity contribution in [2.75, 3.05) is 0 Å². The smallest absolute Gasteiger partial charge is 0.104 e. The highest BCUT2D eigenvalue weighted by molar-refractivity contribution is 5.26. The first-order chi connectivity index (χ1) is 12.2. The molecule has 0 aliphatic rings. The molecule has 2 nitrogen and oxygen atoms in total. The topological polar surface area (TPSA) is 30.9 Å². The second-order valence-electron chi connectivity index (χ2n) is 8.39. The van der Waals surface area contributed by atoms with Crippen LogP contribution in [0.2, 0.25) is 0 Å². The Balaban J connectivity index is 2.22. The molecule has 1 aromatic carbocycles. The van der Waals surface area contributed by atoms with Crippen molar-refractivity contribution in [2.24, 2.45) is 11.1 Å². The molecule has 0 radical (unpaired) electrons. The van der Waals surface area contributed by atoms with Crippen LogP contribution in [-0.2, 0) is 13.0 Å². The van der Waals surface area contributed by atoms with Gasteiger partial charge in [-0.2, -0.15) is 0 Å². The Bertz CT molecular complexity index is 671. The van der Waals surface area contributed by atoms with Crippen molar-refractivity contribution in [1.82, 2.24) is 4.57 Å². The lowest BCUT2D eigenvalue weighted by Crippen LogP contribution is -2.28. The average molecular weight is 363 g/mol. The molecule has 1 heterocycles. The molecule has 0 fully saturated rings. The molecule has 0 aliphatic carbocycles. The Morgan fingerprint density at radius 1 is 1.04 bits per heavy atom. The maximum absolute atomic E-state index is 14.2. The van der Waals surface area contributed by atoms with Gasteiger partial charge in [-0.05, 0) is 42.4 Å². The quantitative estimate of drug-likeness (QED) is 0.651. The molecule has 0 saturated carbocycles. The van der Waals surface area contributed by atoms with Crippen LogP contribution in [0, 0.1) is 5.41 Å². The highest BCUT2D eigenvalue weighted by Gasteiger charge is 2.26. The van der Waals surface area contributed by atoms with Gasteiger partial charge in [0.25, 0.3) is 0 Å². The molecule has 3 atom stereocenters. The zero-order valence-electron chi connectivity index (χ0n) is 16.4. The average Bonchev–Trinajstić information content (AvgIpc) is 2.94. The highest BCUT2D eigenvalue weighted by atomic mass is 19.1. The molecular formula is C22H32F2N2. The minimum absolute atomic E-state index is 0.0944. The SMILES string of the molecule is CC(F)CCC(F)Cc1cc([C@H](N)C(C)(C)C)n(Cc2ccccc2)c1. The van der Waals surface area contributed by atoms with Gasteiger partial charge in [-0.25, -0.2) is 8.78 Å². The fraction of sp³-hybridized carbons (Fsp3) is 0.545. The summed E-state index contributed by atoms with van der Waals surface area (Å²) in [5, 5.41) is 0. The third kappa shape index (κ3) is 5.94. The van der Waals surface area contributed by atoms with E-state index in [0.29, 0.717) is 13.0 Å². The van der Waals surface area contributed by atoms with Gasteiger partial charge in [0.15, 0.2) is 0 Å². The molecule has 2 unspecified atom stereocenters. The van der Waals surface area contributed by atoms with E-state index >= 15 is 0 Å². The lowest BCUT2D eigenvalue weighted by molar-refractivity contribution is 0.258. The van der Waals surface area contributed by atoms with E-state index in [9.17, 15) is 8.78 Å². The van der Waals surface area contributed by atoms with Crippen LogP contribution in [0.15, 0.2) is 42.6 Å². The molecule has 26 heavy (non-hydrogen) atoms. The minimum atomic E-state index is -1.03. The summed E-state index contributed by atoms with van der Waals surface area (Å²) < 4.78 is 29.3. The van der Waals surface area contributed by atoms with Gasteiger partial charge in [0.05, 0.1) is 6.17 Å². The Morgan fingerprint density at radius 3 is 2.27 bits per heavy atom. The molecular weight excluding hydrogens is 330 g/mol. The van der Waals surface area contributed by atoms with E-state index < -0.39 is 12.3 Å². The van der Waals surface area contributed by atoms with Crippen molar-refractivity contribution < 1.29 is 8.78 Å². The zero-order chi connectivity index (χ0) is 19.3. The number of benzene rings is 1. The molecule has 0 amide bonds. The summed E-state index contributed by atoms with van der Waals surface area (Å²) in [5.74, 6) is 0. The number of aromatic nitrogens is 1. The van der Waals surface area contributed by atoms with Crippen LogP contribution in [0.25, 0.3) is 0 Å². The number of hydrogen-bond acceptors (Lipinski definition) is 1. The van der Waals surface area contributed by atoms with Gasteiger partial charge in [-0.3, -0.25) is 0 Å². The molecule has 0 aliphatic heterocycles. The van der Waals surface area contributed by atoms with Gasteiger partial charge in [0.2, 0.25) is 0 Å². The number of alkyl halides is 2. The maximum atomic E-state index is 14.2. The Morgan fingerprint density at radius 2 is 1.69 bits per heavy atom. The summed E-state index contributed by atoms with van der Waals surface area (Å²) in [4.78, 5) is 0. The first-order valence-corrected chi connectivity index (χ1v) is 9.43. The lowest BCUT2D eigenvalue weighted by Gasteiger charge is -2.28. The highest BCUT2D eigenvalue weighted by Crippen LogP contribution is 2.32. The minimum Gasteiger partial charge on any atom is -0.345 e. The van der Waals surface area contributed by atoms with Crippen LogP contribution in [0.1, 0.15) is 63.4 Å². The van der Waals surface area contributed by atoms with Gasteiger partial charge in [0.1, 0.15) is 6.17 Å². The second kappa shape index (κ2) is 8.81. The van der Waals surface area contributed by atoms with E-state index in [1.54, 1.807) is 0 Å². The van der Waals surface area contributed by atoms with E-state index in [4.69, 9.17) is 5.73 Å². The van der Waals surface area contributed by atoms with Crippen molar-refractivity contribution in [3.8, 4) is 0 Å². The second-order valence-corrected chi connectivity index (χ2v) is 8.39. The molecule has 0 saturated heterocycles. The van der Waals surface area contributed by atoms with E-state index in [-0.39, 0.29) is 24.3 Å². The van der Waals surface area contributed by atoms with Gasteiger partial charge in [0, 0.05) is 30.9 Å². The maximum Gasteiger partial charge on any atom is 0.104 e. The summed E-state index contributed by atoms with van der Waals surface area (Å²) in [7, 11) is 0. The number of nitrogens with two attached hydrogens (primary N) is 1. The number of halogens is 2. The summed E-state index contributed by atoms with van der Waals surface area (Å²) >= 11 is 0. The van der Waals surface area contributed by atoms with Crippen LogP contribution in [0.3, 0.4) is 0 Å². The van der Waals surface area contributed by atoms with Gasteiger partial charge in [-0.15, -0.1) is 0 Å². The van der Waals surface area contributed by atoms with Gasteiger partial charge >= 0.3 is 0 Å². The van der Waals surface area contributed by atoms with Crippen LogP contribution >= 0.6 is 0 Å². The van der Waals surface area contributed by atoms with Crippen molar-refractivity contribution in [3.63, 3.8) is 0 Å². The monoisotopic (exact) mass is 362 g/mol. The summed E-state index contributed by atoms with van der Waals surface area (Å²) in [6.45, 7) is 8.51. The predicted octanol–water partition coefficient (Wildman–Crippen LogP) is 5.60. The zero-order valence-corrected chi connectivity index (χ0v) is 16.4. The Hall–Kier alpha value is -1.68. The van der Waals surface area contributed by atoms with Gasteiger partial charge in [-0.1, -0.05) is 51.1 Å². The summed E-state index contributed by atoms with van der Waals surface area (Å²) in [6.07, 6.45) is 0.834. The molecule has 2 rings (SSSR count). The van der Waals surface area contributed by atoms with Gasteiger partial charge < -0.3 is 10.3 Å². The fourth-order valence-electron chi connectivity index (χ4n) is 3.09. The molecule has 2 aromatic rings. The first-order valence-electron chi connectivity index (χ1n) is 9.43. The molecule has 2 N–H and O–H groups in total. The van der Waals surface area contributed by atoms with E-state index in [1.165, 1.54) is 12.5 Å². The van der Waals surface area contributed by atoms with E-state index in [2.05, 4.69) is 37.5 Å². The van der Waals surface area contributed by atoms with Crippen molar-refractivity contribution in [3.05, 3.63) is 59.4 Å². The van der Waals surface area contributed by atoms with E-state index in [0.717, 1.165) is 11.3 Å². The molecule has 1 aromatic heterocycles. The van der Waals surface area contributed by atoms with Crippen LogP contribution < -0.4 is 5.73 Å². The Kier molecular flexibility index (Phi) is 6.99. The molecule has 0 bridgehead atoms. The largest absolute Gasteiger partial charge is 0.345 e. The Labute approximate surface area is 156 Å². The fourth-order valence-corrected chi connectivity index (χ4v) is 3.09. The van der Waals surface area contributed by atoms with Crippen LogP contribution in [-0.4, -0.2) is 16.9 Å². The third-order valence-electron chi connectivity index (χ3n) is 4.77. The molecule has 4 heteroatoms. The lowest BCUT2D eigenvalue weighted by atomic mass is 9.85. The van der Waals surface area contributed by atoms with Crippen LogP contribution in [0.5, 0.6) is 0 Å². The number of hydrogen-bond donors (Lipinski definition) is 1. The summed E-state index contributed by atoms with van der Waals surface area (Å²) in [5.41, 5.74) is 9.53. The normalized spacial score (nSPS) is 15.7. The predicted molar refractivity (Wildman–Crippen MR) is 105 cm³/mol. The number of rotatable bonds is 8. The van der Waals surface area contributed by atoms with Crippen molar-refractivity contribution in [1.29, 1.82) is 0 Å². The van der Waals surface area contributed by atoms with Crippen molar-refractivity contribution >= 4 is 0 Å².